The summed E-state index contributed by atoms with van der Waals surface area (Å²) in [4.78, 5) is 72.3. The third kappa shape index (κ3) is 61.3. The Morgan fingerprint density at radius 2 is 0.552 bits per heavy atom. The van der Waals surface area contributed by atoms with Gasteiger partial charge in [-0.2, -0.15) is 0 Å². The molecule has 0 aliphatic rings. The summed E-state index contributed by atoms with van der Waals surface area (Å²) in [6, 6.07) is 0. The normalized spacial score (nSPS) is 14.4. The molecule has 0 fully saturated rings. The minimum absolute atomic E-state index is 0.107. The monoisotopic (exact) mass is 1280 g/mol. The molecule has 0 rings (SSSR count). The van der Waals surface area contributed by atoms with Crippen LogP contribution in [0, 0.1) is 5.92 Å². The average molecular weight is 1280 g/mol. The van der Waals surface area contributed by atoms with E-state index >= 15 is 0 Å². The number of phosphoric acid groups is 2. The average Bonchev–Trinajstić information content (AvgIpc) is 3.55. The molecule has 0 aromatic heterocycles. The molecule has 6 atom stereocenters. The second kappa shape index (κ2) is 61.6. The summed E-state index contributed by atoms with van der Waals surface area (Å²) in [5, 5.41) is 10.6. The SMILES string of the molecule is CCCCCCCCCCCCC(=O)OC[C@H](COP(=O)(O)OC[C@@H](O)COP(=O)(O)OC[C@@H](COC(=O)CCCCCCCCCCC)OC(=O)CCCCCCCCCCCC)OC(=O)CCCCCCCCCCCCCCCCC(C)CC. The second-order valence-electron chi connectivity index (χ2n) is 24.8. The standard InChI is InChI=1S/C68H132O17P2/c1-6-10-13-16-19-22-32-37-42-47-52-66(71)79-58-64(85-68(73)54-49-44-39-34-29-27-25-24-26-28-31-35-40-45-50-61(5)9-4)60-83-87(76,77)81-56-62(69)55-80-86(74,75)82-59-63(57-78-65(70)51-46-41-36-30-21-18-15-12-8-3)84-67(72)53-48-43-38-33-23-20-17-14-11-7-2/h61-64,69H,6-60H2,1-5H3,(H,74,75)(H,76,77)/t61?,62-,63+,64+/m0/s1. The van der Waals surface area contributed by atoms with E-state index in [4.69, 9.17) is 37.0 Å². The molecule has 0 radical (unpaired) electrons. The van der Waals surface area contributed by atoms with Crippen molar-refractivity contribution in [3.63, 3.8) is 0 Å². The number of carbonyl (C=O) groups excluding carboxylic acids is 4. The summed E-state index contributed by atoms with van der Waals surface area (Å²) in [5.41, 5.74) is 0. The number of phosphoric ester groups is 2. The first-order valence-electron chi connectivity index (χ1n) is 35.7. The van der Waals surface area contributed by atoms with Gasteiger partial charge < -0.3 is 33.8 Å². The van der Waals surface area contributed by atoms with Gasteiger partial charge in [0.05, 0.1) is 26.4 Å². The molecule has 0 amide bonds. The minimum atomic E-state index is -4.95. The number of hydrogen-bond acceptors (Lipinski definition) is 15. The summed E-state index contributed by atoms with van der Waals surface area (Å²) < 4.78 is 68.1. The summed E-state index contributed by atoms with van der Waals surface area (Å²) in [5.74, 6) is -1.28. The van der Waals surface area contributed by atoms with Crippen LogP contribution in [-0.2, 0) is 65.4 Å². The first-order valence-corrected chi connectivity index (χ1v) is 38.7. The molecular weight excluding hydrogens is 1150 g/mol. The Morgan fingerprint density at radius 1 is 0.322 bits per heavy atom. The summed E-state index contributed by atoms with van der Waals surface area (Å²) in [7, 11) is -9.89. The van der Waals surface area contributed by atoms with Gasteiger partial charge in [-0.1, -0.05) is 298 Å². The molecule has 0 aromatic carbocycles. The Labute approximate surface area is 530 Å². The van der Waals surface area contributed by atoms with Crippen LogP contribution in [0.4, 0.5) is 0 Å². The van der Waals surface area contributed by atoms with Crippen molar-refractivity contribution in [2.75, 3.05) is 39.6 Å². The third-order valence-electron chi connectivity index (χ3n) is 16.1. The molecule has 19 heteroatoms. The van der Waals surface area contributed by atoms with E-state index < -0.39 is 97.5 Å². The van der Waals surface area contributed by atoms with Gasteiger partial charge in [-0.3, -0.25) is 37.3 Å². The van der Waals surface area contributed by atoms with Gasteiger partial charge in [0.15, 0.2) is 12.2 Å². The zero-order chi connectivity index (χ0) is 64.2. The van der Waals surface area contributed by atoms with Crippen LogP contribution in [0.15, 0.2) is 0 Å². The molecule has 3 N–H and O–H groups in total. The highest BCUT2D eigenvalue weighted by atomic mass is 31.2. The lowest BCUT2D eigenvalue weighted by Crippen LogP contribution is -2.30. The highest BCUT2D eigenvalue weighted by molar-refractivity contribution is 7.47. The quantitative estimate of drug-likeness (QED) is 0.0222. The number of aliphatic hydroxyl groups is 1. The molecule has 516 valence electrons. The molecule has 0 saturated heterocycles. The van der Waals surface area contributed by atoms with Crippen LogP contribution in [-0.4, -0.2) is 96.7 Å². The number of hydrogen-bond donors (Lipinski definition) is 3. The smallest absolute Gasteiger partial charge is 0.462 e. The van der Waals surface area contributed by atoms with Crippen LogP contribution in [0.25, 0.3) is 0 Å². The maximum atomic E-state index is 13.0. The third-order valence-corrected chi connectivity index (χ3v) is 18.0. The van der Waals surface area contributed by atoms with Crippen LogP contribution >= 0.6 is 15.6 Å². The van der Waals surface area contributed by atoms with Crippen molar-refractivity contribution in [3.05, 3.63) is 0 Å². The van der Waals surface area contributed by atoms with Gasteiger partial charge in [-0.05, 0) is 31.6 Å². The molecule has 3 unspecified atom stereocenters. The number of esters is 4. The highest BCUT2D eigenvalue weighted by Crippen LogP contribution is 2.45. The van der Waals surface area contributed by atoms with Crippen molar-refractivity contribution in [2.24, 2.45) is 5.92 Å². The van der Waals surface area contributed by atoms with Crippen LogP contribution < -0.4 is 0 Å². The Morgan fingerprint density at radius 3 is 0.816 bits per heavy atom. The van der Waals surface area contributed by atoms with E-state index in [1.807, 2.05) is 0 Å². The van der Waals surface area contributed by atoms with Crippen molar-refractivity contribution < 1.29 is 80.2 Å². The predicted molar refractivity (Wildman–Crippen MR) is 349 cm³/mol. The molecule has 0 aliphatic heterocycles. The van der Waals surface area contributed by atoms with E-state index in [2.05, 4.69) is 34.6 Å². The molecule has 87 heavy (non-hydrogen) atoms. The molecule has 0 saturated carbocycles. The van der Waals surface area contributed by atoms with E-state index in [0.29, 0.717) is 25.7 Å². The van der Waals surface area contributed by atoms with E-state index in [0.717, 1.165) is 95.8 Å². The maximum absolute atomic E-state index is 13.0. The fourth-order valence-corrected chi connectivity index (χ4v) is 11.8. The Balaban J connectivity index is 5.19. The molecular formula is C68H132O17P2. The first kappa shape index (κ1) is 85.1. The van der Waals surface area contributed by atoms with Crippen LogP contribution in [0.1, 0.15) is 349 Å². The molecule has 0 spiro atoms. The molecule has 0 aliphatic carbocycles. The van der Waals surface area contributed by atoms with Crippen molar-refractivity contribution >= 4 is 39.5 Å². The predicted octanol–water partition coefficient (Wildman–Crippen LogP) is 19.4. The summed E-state index contributed by atoms with van der Waals surface area (Å²) >= 11 is 0. The van der Waals surface area contributed by atoms with Crippen LogP contribution in [0.5, 0.6) is 0 Å². The number of unbranched alkanes of at least 4 members (excludes halogenated alkanes) is 39. The lowest BCUT2D eigenvalue weighted by atomic mass is 9.99. The van der Waals surface area contributed by atoms with Gasteiger partial charge in [-0.25, -0.2) is 9.13 Å². The number of rotatable bonds is 68. The highest BCUT2D eigenvalue weighted by Gasteiger charge is 2.30. The molecule has 0 aromatic rings. The number of carbonyl (C=O) groups is 4. The van der Waals surface area contributed by atoms with Crippen LogP contribution in [0.3, 0.4) is 0 Å². The van der Waals surface area contributed by atoms with Crippen molar-refractivity contribution in [1.29, 1.82) is 0 Å². The summed E-state index contributed by atoms with van der Waals surface area (Å²) in [6.45, 7) is 7.25. The van der Waals surface area contributed by atoms with Gasteiger partial charge >= 0.3 is 39.5 Å². The van der Waals surface area contributed by atoms with Gasteiger partial charge in [0.25, 0.3) is 0 Å². The zero-order valence-corrected chi connectivity index (χ0v) is 57.9. The van der Waals surface area contributed by atoms with E-state index in [1.54, 1.807) is 0 Å². The van der Waals surface area contributed by atoms with Crippen molar-refractivity contribution in [3.8, 4) is 0 Å². The number of aliphatic hydroxyl groups excluding tert-OH is 1. The Kier molecular flexibility index (Phi) is 60.2. The first-order chi connectivity index (χ1) is 42.1. The second-order valence-corrected chi connectivity index (χ2v) is 27.7. The molecule has 0 heterocycles. The van der Waals surface area contributed by atoms with Crippen LogP contribution in [0.2, 0.25) is 0 Å². The largest absolute Gasteiger partial charge is 0.472 e. The lowest BCUT2D eigenvalue weighted by Gasteiger charge is -2.21. The van der Waals surface area contributed by atoms with Gasteiger partial charge in [0.1, 0.15) is 19.3 Å². The van der Waals surface area contributed by atoms with Gasteiger partial charge in [0.2, 0.25) is 0 Å². The fourth-order valence-electron chi connectivity index (χ4n) is 10.3. The van der Waals surface area contributed by atoms with E-state index in [9.17, 15) is 43.2 Å². The maximum Gasteiger partial charge on any atom is 0.472 e. The Hall–Kier alpha value is -1.94. The summed E-state index contributed by atoms with van der Waals surface area (Å²) in [6.07, 6.45) is 47.1. The van der Waals surface area contributed by atoms with Gasteiger partial charge in [0, 0.05) is 25.7 Å². The molecule has 17 nitrogen and oxygen atoms in total. The molecule has 0 bridgehead atoms. The van der Waals surface area contributed by atoms with Crippen molar-refractivity contribution in [1.82, 2.24) is 0 Å². The number of ether oxygens (including phenoxy) is 4. The fraction of sp³-hybridized carbons (Fsp3) is 0.941. The van der Waals surface area contributed by atoms with E-state index in [-0.39, 0.29) is 25.7 Å². The Bertz CT molecular complexity index is 1690. The minimum Gasteiger partial charge on any atom is -0.462 e. The van der Waals surface area contributed by atoms with E-state index in [1.165, 1.54) is 173 Å². The zero-order valence-electron chi connectivity index (χ0n) is 56.2. The van der Waals surface area contributed by atoms with Gasteiger partial charge in [-0.15, -0.1) is 0 Å². The van der Waals surface area contributed by atoms with Crippen molar-refractivity contribution in [2.45, 2.75) is 368 Å². The lowest BCUT2D eigenvalue weighted by molar-refractivity contribution is -0.161. The topological polar surface area (TPSA) is 237 Å².